The van der Waals surface area contributed by atoms with Crippen LogP contribution in [0.15, 0.2) is 52.9 Å². The van der Waals surface area contributed by atoms with Crippen molar-refractivity contribution in [3.8, 4) is 11.4 Å². The van der Waals surface area contributed by atoms with Gasteiger partial charge in [0, 0.05) is 28.4 Å². The summed E-state index contributed by atoms with van der Waals surface area (Å²) in [4.78, 5) is 9.79. The van der Waals surface area contributed by atoms with Gasteiger partial charge in [-0.25, -0.2) is 9.97 Å². The zero-order valence-corrected chi connectivity index (χ0v) is 17.6. The van der Waals surface area contributed by atoms with Crippen molar-refractivity contribution in [1.29, 1.82) is 0 Å². The zero-order valence-electron chi connectivity index (χ0n) is 17.6. The Balaban J connectivity index is 1.85. The molecule has 0 amide bonds. The minimum Gasteiger partial charge on any atom is -0.437 e. The van der Waals surface area contributed by atoms with E-state index >= 15 is 0 Å². The van der Waals surface area contributed by atoms with Gasteiger partial charge in [-0.1, -0.05) is 39.0 Å². The predicted octanol–water partition coefficient (Wildman–Crippen LogP) is 6.62. The van der Waals surface area contributed by atoms with Gasteiger partial charge in [0.25, 0.3) is 0 Å². The summed E-state index contributed by atoms with van der Waals surface area (Å²) in [5, 5.41) is 2.19. The molecule has 0 fully saturated rings. The highest BCUT2D eigenvalue weighted by Crippen LogP contribution is 2.38. The van der Waals surface area contributed by atoms with E-state index in [1.54, 1.807) is 0 Å². The van der Waals surface area contributed by atoms with E-state index in [0.717, 1.165) is 51.0 Å². The van der Waals surface area contributed by atoms with Crippen molar-refractivity contribution in [1.82, 2.24) is 14.5 Å². The van der Waals surface area contributed by atoms with E-state index in [1.807, 2.05) is 6.07 Å². The molecule has 4 nitrogen and oxygen atoms in total. The van der Waals surface area contributed by atoms with Crippen molar-refractivity contribution in [2.24, 2.45) is 0 Å². The minimum atomic E-state index is -0.0266. The topological polar surface area (TPSA) is 43.9 Å². The molecule has 0 N–H and O–H groups in total. The largest absolute Gasteiger partial charge is 0.437 e. The molecule has 5 rings (SSSR count). The van der Waals surface area contributed by atoms with Gasteiger partial charge >= 0.3 is 0 Å². The highest BCUT2D eigenvalue weighted by molar-refractivity contribution is 6.10. The number of nitrogens with zero attached hydrogens (tertiary/aromatic N) is 3. The number of fused-ring (bicyclic) bond motifs is 4. The summed E-state index contributed by atoms with van der Waals surface area (Å²) in [6.45, 7) is 11.6. The maximum atomic E-state index is 6.39. The van der Waals surface area contributed by atoms with Gasteiger partial charge in [-0.2, -0.15) is 0 Å². The number of imidazole rings is 1. The van der Waals surface area contributed by atoms with Crippen LogP contribution in [0.4, 0.5) is 0 Å². The maximum Gasteiger partial charge on any atom is 0.227 e. The standard InChI is InChI=1S/C25H25N3O/c1-6-28-19-10-8-7-9-18(19)26-23(28)17-12-11-15(2)21-16-13-14-20(25(3,4)5)27-24(16)29-22(17)21/h7-14H,6H2,1-5H3. The molecular weight excluding hydrogens is 358 g/mol. The van der Waals surface area contributed by atoms with E-state index < -0.39 is 0 Å². The van der Waals surface area contributed by atoms with Gasteiger partial charge in [-0.05, 0) is 49.7 Å². The van der Waals surface area contributed by atoms with Gasteiger partial charge in [-0.15, -0.1) is 0 Å². The highest BCUT2D eigenvalue weighted by Gasteiger charge is 2.22. The number of aryl methyl sites for hydroxylation is 2. The molecule has 3 aromatic heterocycles. The second-order valence-corrected chi connectivity index (χ2v) is 8.70. The molecular formula is C25H25N3O. The molecule has 0 unspecified atom stereocenters. The van der Waals surface area contributed by atoms with Crippen molar-refractivity contribution >= 4 is 33.1 Å². The first kappa shape index (κ1) is 17.9. The first-order chi connectivity index (χ1) is 13.9. The number of hydrogen-bond donors (Lipinski definition) is 0. The fourth-order valence-corrected chi connectivity index (χ4v) is 4.12. The molecule has 0 saturated carbocycles. The normalized spacial score (nSPS) is 12.4. The van der Waals surface area contributed by atoms with Gasteiger partial charge in [0.1, 0.15) is 11.4 Å². The number of aromatic nitrogens is 3. The zero-order chi connectivity index (χ0) is 20.3. The van der Waals surface area contributed by atoms with Crippen LogP contribution < -0.4 is 0 Å². The average molecular weight is 383 g/mol. The Morgan fingerprint density at radius 1 is 0.966 bits per heavy atom. The summed E-state index contributed by atoms with van der Waals surface area (Å²) < 4.78 is 8.64. The van der Waals surface area contributed by atoms with Gasteiger partial charge in [0.15, 0.2) is 0 Å². The summed E-state index contributed by atoms with van der Waals surface area (Å²) in [6, 6.07) is 16.8. The Morgan fingerprint density at radius 2 is 1.76 bits per heavy atom. The van der Waals surface area contributed by atoms with Crippen LogP contribution in [0, 0.1) is 6.92 Å². The number of pyridine rings is 1. The van der Waals surface area contributed by atoms with Crippen molar-refractivity contribution in [3.63, 3.8) is 0 Å². The molecule has 0 aliphatic carbocycles. The van der Waals surface area contributed by atoms with E-state index in [-0.39, 0.29) is 5.41 Å². The first-order valence-corrected chi connectivity index (χ1v) is 10.2. The fourth-order valence-electron chi connectivity index (χ4n) is 4.12. The Hall–Kier alpha value is -3.14. The van der Waals surface area contributed by atoms with Crippen molar-refractivity contribution in [2.45, 2.75) is 46.6 Å². The molecule has 0 atom stereocenters. The predicted molar refractivity (Wildman–Crippen MR) is 119 cm³/mol. The lowest BCUT2D eigenvalue weighted by molar-refractivity contribution is 0.562. The quantitative estimate of drug-likeness (QED) is 0.344. The molecule has 5 aromatic rings. The van der Waals surface area contributed by atoms with E-state index in [1.165, 1.54) is 5.56 Å². The van der Waals surface area contributed by atoms with Gasteiger partial charge in [0.05, 0.1) is 16.6 Å². The molecule has 0 saturated heterocycles. The summed E-state index contributed by atoms with van der Waals surface area (Å²) >= 11 is 0. The second kappa shape index (κ2) is 6.18. The molecule has 0 radical (unpaired) electrons. The van der Waals surface area contributed by atoms with E-state index in [2.05, 4.69) is 81.7 Å². The summed E-state index contributed by atoms with van der Waals surface area (Å²) in [6.07, 6.45) is 0. The van der Waals surface area contributed by atoms with Crippen LogP contribution in [0.25, 0.3) is 44.5 Å². The SMILES string of the molecule is CCn1c(-c2ccc(C)c3c2oc2nc(C(C)(C)C)ccc23)nc2ccccc21. The second-order valence-electron chi connectivity index (χ2n) is 8.70. The molecule has 0 aliphatic heterocycles. The number of rotatable bonds is 2. The lowest BCUT2D eigenvalue weighted by Crippen LogP contribution is -2.12. The van der Waals surface area contributed by atoms with Crippen LogP contribution in [-0.4, -0.2) is 14.5 Å². The Labute approximate surface area is 170 Å². The van der Waals surface area contributed by atoms with Crippen LogP contribution in [0.1, 0.15) is 39.0 Å². The Bertz CT molecular complexity index is 1380. The van der Waals surface area contributed by atoms with Crippen molar-refractivity contribution in [2.75, 3.05) is 0 Å². The first-order valence-electron chi connectivity index (χ1n) is 10.2. The van der Waals surface area contributed by atoms with E-state index in [9.17, 15) is 0 Å². The number of benzene rings is 2. The Kier molecular flexibility index (Phi) is 3.82. The third-order valence-electron chi connectivity index (χ3n) is 5.67. The van der Waals surface area contributed by atoms with Crippen molar-refractivity contribution < 1.29 is 4.42 Å². The maximum absolute atomic E-state index is 6.39. The lowest BCUT2D eigenvalue weighted by Gasteiger charge is -2.16. The number of furan rings is 1. The summed E-state index contributed by atoms with van der Waals surface area (Å²) in [5.41, 5.74) is 6.91. The fraction of sp³-hybridized carbons (Fsp3) is 0.280. The molecule has 29 heavy (non-hydrogen) atoms. The van der Waals surface area contributed by atoms with Crippen LogP contribution in [0.3, 0.4) is 0 Å². The molecule has 4 heteroatoms. The number of para-hydroxylation sites is 2. The smallest absolute Gasteiger partial charge is 0.227 e. The van der Waals surface area contributed by atoms with Crippen LogP contribution in [0.5, 0.6) is 0 Å². The Morgan fingerprint density at radius 3 is 2.52 bits per heavy atom. The van der Waals surface area contributed by atoms with Gasteiger partial charge < -0.3 is 8.98 Å². The van der Waals surface area contributed by atoms with Crippen LogP contribution in [0.2, 0.25) is 0 Å². The van der Waals surface area contributed by atoms with Crippen LogP contribution >= 0.6 is 0 Å². The third kappa shape index (κ3) is 2.66. The molecule has 0 aliphatic rings. The monoisotopic (exact) mass is 383 g/mol. The van der Waals surface area contributed by atoms with Crippen molar-refractivity contribution in [3.05, 3.63) is 59.8 Å². The van der Waals surface area contributed by atoms with Gasteiger partial charge in [0.2, 0.25) is 5.71 Å². The third-order valence-corrected chi connectivity index (χ3v) is 5.67. The average Bonchev–Trinajstić information content (AvgIpc) is 3.25. The summed E-state index contributed by atoms with van der Waals surface area (Å²) in [5.74, 6) is 0.939. The van der Waals surface area contributed by atoms with Crippen LogP contribution in [-0.2, 0) is 12.0 Å². The van der Waals surface area contributed by atoms with E-state index in [0.29, 0.717) is 5.71 Å². The summed E-state index contributed by atoms with van der Waals surface area (Å²) in [7, 11) is 0. The molecule has 0 spiro atoms. The number of hydrogen-bond acceptors (Lipinski definition) is 3. The molecule has 146 valence electrons. The van der Waals surface area contributed by atoms with E-state index in [4.69, 9.17) is 14.4 Å². The van der Waals surface area contributed by atoms with Gasteiger partial charge in [-0.3, -0.25) is 0 Å². The minimum absolute atomic E-state index is 0.0266. The highest BCUT2D eigenvalue weighted by atomic mass is 16.3. The molecule has 3 heterocycles. The molecule has 0 bridgehead atoms. The lowest BCUT2D eigenvalue weighted by atomic mass is 9.91. The molecule has 2 aromatic carbocycles.